The van der Waals surface area contributed by atoms with E-state index in [1.54, 1.807) is 12.0 Å². The SMILES string of the molecule is COc1ccccc1CC(=O)Nc1c(C(=O)N2CCOCC2)sc2nc(C)cc(C)c12. The van der Waals surface area contributed by atoms with Crippen LogP contribution in [-0.2, 0) is 16.0 Å². The number of methoxy groups -OCH3 is 1. The molecule has 1 aromatic carbocycles. The van der Waals surface area contributed by atoms with Crippen LogP contribution >= 0.6 is 11.3 Å². The quantitative estimate of drug-likeness (QED) is 0.657. The molecule has 1 N–H and O–H groups in total. The van der Waals surface area contributed by atoms with E-state index in [9.17, 15) is 9.59 Å². The van der Waals surface area contributed by atoms with Crippen LogP contribution < -0.4 is 10.1 Å². The van der Waals surface area contributed by atoms with E-state index in [-0.39, 0.29) is 18.2 Å². The van der Waals surface area contributed by atoms with Crippen molar-refractivity contribution in [2.75, 3.05) is 38.7 Å². The Labute approximate surface area is 185 Å². The van der Waals surface area contributed by atoms with Crippen LogP contribution in [0.25, 0.3) is 10.2 Å². The van der Waals surface area contributed by atoms with Gasteiger partial charge in [0.15, 0.2) is 0 Å². The zero-order chi connectivity index (χ0) is 22.0. The molecular formula is C23H25N3O4S. The summed E-state index contributed by atoms with van der Waals surface area (Å²) in [5, 5.41) is 3.83. The second-order valence-corrected chi connectivity index (χ2v) is 8.51. The van der Waals surface area contributed by atoms with Gasteiger partial charge in [-0.15, -0.1) is 11.3 Å². The van der Waals surface area contributed by atoms with Crippen LogP contribution in [0.15, 0.2) is 30.3 Å². The second-order valence-electron chi connectivity index (χ2n) is 7.51. The van der Waals surface area contributed by atoms with Gasteiger partial charge >= 0.3 is 0 Å². The number of rotatable bonds is 5. The molecule has 1 fully saturated rings. The Balaban J connectivity index is 1.70. The largest absolute Gasteiger partial charge is 0.496 e. The summed E-state index contributed by atoms with van der Waals surface area (Å²) in [5.74, 6) is 0.349. The number of nitrogens with one attached hydrogen (secondary N) is 1. The molecule has 0 aliphatic carbocycles. The maximum Gasteiger partial charge on any atom is 0.266 e. The molecule has 8 heteroatoms. The molecule has 1 aliphatic rings. The number of aromatic nitrogens is 1. The van der Waals surface area contributed by atoms with E-state index in [2.05, 4.69) is 10.3 Å². The van der Waals surface area contributed by atoms with Gasteiger partial charge in [-0.2, -0.15) is 0 Å². The number of hydrogen-bond donors (Lipinski definition) is 1. The number of aryl methyl sites for hydroxylation is 2. The van der Waals surface area contributed by atoms with Gasteiger partial charge in [0.25, 0.3) is 5.91 Å². The van der Waals surface area contributed by atoms with E-state index < -0.39 is 0 Å². The molecule has 31 heavy (non-hydrogen) atoms. The van der Waals surface area contributed by atoms with Gasteiger partial charge < -0.3 is 19.7 Å². The number of morpholine rings is 1. The minimum absolute atomic E-state index is 0.101. The van der Waals surface area contributed by atoms with Crippen molar-refractivity contribution < 1.29 is 19.1 Å². The first kappa shape index (κ1) is 21.3. The molecule has 4 rings (SSSR count). The summed E-state index contributed by atoms with van der Waals surface area (Å²) in [6.07, 6.45) is 0.144. The van der Waals surface area contributed by atoms with E-state index in [4.69, 9.17) is 9.47 Å². The van der Waals surface area contributed by atoms with Gasteiger partial charge in [-0.05, 0) is 31.5 Å². The van der Waals surface area contributed by atoms with Crippen molar-refractivity contribution in [1.82, 2.24) is 9.88 Å². The number of thiophene rings is 1. The molecule has 7 nitrogen and oxygen atoms in total. The summed E-state index contributed by atoms with van der Waals surface area (Å²) in [4.78, 5) is 33.9. The molecule has 162 valence electrons. The Morgan fingerprint density at radius 2 is 1.97 bits per heavy atom. The van der Waals surface area contributed by atoms with Crippen LogP contribution in [0.3, 0.4) is 0 Å². The van der Waals surface area contributed by atoms with Crippen LogP contribution in [-0.4, -0.2) is 55.1 Å². The fraction of sp³-hybridized carbons (Fsp3) is 0.348. The first-order valence-electron chi connectivity index (χ1n) is 10.2. The zero-order valence-corrected chi connectivity index (χ0v) is 18.7. The van der Waals surface area contributed by atoms with Gasteiger partial charge in [0.1, 0.15) is 15.5 Å². The highest BCUT2D eigenvalue weighted by atomic mass is 32.1. The summed E-state index contributed by atoms with van der Waals surface area (Å²) >= 11 is 1.33. The molecule has 3 aromatic rings. The Morgan fingerprint density at radius 1 is 1.23 bits per heavy atom. The Hall–Kier alpha value is -2.97. The van der Waals surface area contributed by atoms with Crippen LogP contribution in [0.5, 0.6) is 5.75 Å². The van der Waals surface area contributed by atoms with E-state index in [1.165, 1.54) is 11.3 Å². The van der Waals surface area contributed by atoms with Crippen molar-refractivity contribution in [2.24, 2.45) is 0 Å². The predicted octanol–water partition coefficient (Wildman–Crippen LogP) is 3.58. The summed E-state index contributed by atoms with van der Waals surface area (Å²) in [6, 6.07) is 9.39. The molecule has 0 saturated carbocycles. The normalized spacial score (nSPS) is 14.0. The van der Waals surface area contributed by atoms with Crippen molar-refractivity contribution in [3.05, 3.63) is 52.0 Å². The van der Waals surface area contributed by atoms with Gasteiger partial charge in [-0.3, -0.25) is 9.59 Å². The van der Waals surface area contributed by atoms with Gasteiger partial charge in [-0.25, -0.2) is 4.98 Å². The molecule has 0 spiro atoms. The van der Waals surface area contributed by atoms with Crippen molar-refractivity contribution in [1.29, 1.82) is 0 Å². The van der Waals surface area contributed by atoms with Crippen LogP contribution in [0.1, 0.15) is 26.5 Å². The molecule has 1 aliphatic heterocycles. The molecule has 0 bridgehead atoms. The number of benzene rings is 1. The third-order valence-corrected chi connectivity index (χ3v) is 6.36. The molecule has 0 atom stereocenters. The molecule has 2 amide bonds. The second kappa shape index (κ2) is 9.03. The number of pyridine rings is 1. The topological polar surface area (TPSA) is 80.8 Å². The predicted molar refractivity (Wildman–Crippen MR) is 121 cm³/mol. The number of amides is 2. The number of hydrogen-bond acceptors (Lipinski definition) is 6. The Kier molecular flexibility index (Phi) is 6.20. The zero-order valence-electron chi connectivity index (χ0n) is 17.9. The molecular weight excluding hydrogens is 414 g/mol. The molecule has 3 heterocycles. The molecule has 0 radical (unpaired) electrons. The van der Waals surface area contributed by atoms with E-state index in [0.717, 1.165) is 27.0 Å². The summed E-state index contributed by atoms with van der Waals surface area (Å²) in [6.45, 7) is 6.00. The van der Waals surface area contributed by atoms with Crippen LogP contribution in [0.4, 0.5) is 5.69 Å². The standard InChI is InChI=1S/C23H25N3O4S/c1-14-12-15(2)24-22-19(14)20(21(31-22)23(28)26-8-10-30-11-9-26)25-18(27)13-16-6-4-5-7-17(16)29-3/h4-7,12H,8-11,13H2,1-3H3,(H,25,27). The smallest absolute Gasteiger partial charge is 0.266 e. The van der Waals surface area contributed by atoms with Gasteiger partial charge in [0, 0.05) is 29.7 Å². The van der Waals surface area contributed by atoms with Gasteiger partial charge in [0.05, 0.1) is 32.4 Å². The highest BCUT2D eigenvalue weighted by Gasteiger charge is 2.27. The van der Waals surface area contributed by atoms with Crippen molar-refractivity contribution >= 4 is 39.1 Å². The average molecular weight is 440 g/mol. The summed E-state index contributed by atoms with van der Waals surface area (Å²) in [7, 11) is 1.58. The fourth-order valence-electron chi connectivity index (χ4n) is 3.83. The monoisotopic (exact) mass is 439 g/mol. The van der Waals surface area contributed by atoms with Crippen LogP contribution in [0.2, 0.25) is 0 Å². The minimum atomic E-state index is -0.208. The number of anilines is 1. The first-order valence-corrected chi connectivity index (χ1v) is 11.0. The van der Waals surface area contributed by atoms with E-state index >= 15 is 0 Å². The Bertz CT molecular complexity index is 1140. The number of ether oxygens (including phenoxy) is 2. The van der Waals surface area contributed by atoms with Crippen molar-refractivity contribution in [3.8, 4) is 5.75 Å². The van der Waals surface area contributed by atoms with Crippen molar-refractivity contribution in [3.63, 3.8) is 0 Å². The number of carbonyl (C=O) groups is 2. The fourth-order valence-corrected chi connectivity index (χ4v) is 5.05. The van der Waals surface area contributed by atoms with Crippen molar-refractivity contribution in [2.45, 2.75) is 20.3 Å². The first-order chi connectivity index (χ1) is 15.0. The third kappa shape index (κ3) is 4.40. The molecule has 0 unspecified atom stereocenters. The minimum Gasteiger partial charge on any atom is -0.496 e. The van der Waals surface area contributed by atoms with Gasteiger partial charge in [0.2, 0.25) is 5.91 Å². The lowest BCUT2D eigenvalue weighted by atomic mass is 10.1. The number of para-hydroxylation sites is 1. The maximum absolute atomic E-state index is 13.3. The Morgan fingerprint density at radius 3 is 2.71 bits per heavy atom. The third-order valence-electron chi connectivity index (χ3n) is 5.29. The molecule has 2 aromatic heterocycles. The number of carbonyl (C=O) groups excluding carboxylic acids is 2. The number of nitrogens with zero attached hydrogens (tertiary/aromatic N) is 2. The lowest BCUT2D eigenvalue weighted by Gasteiger charge is -2.26. The summed E-state index contributed by atoms with van der Waals surface area (Å²) in [5.41, 5.74) is 3.19. The lowest BCUT2D eigenvalue weighted by molar-refractivity contribution is -0.115. The highest BCUT2D eigenvalue weighted by Crippen LogP contribution is 2.38. The average Bonchev–Trinajstić information content (AvgIpc) is 3.12. The lowest BCUT2D eigenvalue weighted by Crippen LogP contribution is -2.40. The van der Waals surface area contributed by atoms with Crippen LogP contribution in [0, 0.1) is 13.8 Å². The highest BCUT2D eigenvalue weighted by molar-refractivity contribution is 7.21. The molecule has 1 saturated heterocycles. The van der Waals surface area contributed by atoms with E-state index in [1.807, 2.05) is 44.2 Å². The van der Waals surface area contributed by atoms with E-state index in [0.29, 0.717) is 42.6 Å². The summed E-state index contributed by atoms with van der Waals surface area (Å²) < 4.78 is 10.7. The maximum atomic E-state index is 13.3. The van der Waals surface area contributed by atoms with Gasteiger partial charge in [-0.1, -0.05) is 18.2 Å². The number of fused-ring (bicyclic) bond motifs is 1.